The Kier molecular flexibility index (Phi) is 2.88. The number of halogens is 1. The van der Waals surface area contributed by atoms with Gasteiger partial charge in [0.25, 0.3) is 0 Å². The zero-order valence-corrected chi connectivity index (χ0v) is 7.10. The monoisotopic (exact) mass is 162 g/mol. The van der Waals surface area contributed by atoms with Crippen LogP contribution in [0.1, 0.15) is 24.5 Å². The number of rotatable bonds is 2. The molecule has 1 rings (SSSR count). The number of hydrogen-bond acceptors (Lipinski definition) is 0. The van der Waals surface area contributed by atoms with Gasteiger partial charge in [0.1, 0.15) is 5.82 Å². The summed E-state index contributed by atoms with van der Waals surface area (Å²) in [6.45, 7) is 2.06. The molecule has 12 heavy (non-hydrogen) atoms. The van der Waals surface area contributed by atoms with Crippen LogP contribution >= 0.6 is 0 Å². The topological polar surface area (TPSA) is 0 Å². The fourth-order valence-corrected chi connectivity index (χ4v) is 1.12. The Morgan fingerprint density at radius 2 is 2.25 bits per heavy atom. The van der Waals surface area contributed by atoms with E-state index < -0.39 is 0 Å². The SMILES string of the molecule is C#Cc1ccc(CCC)cc1F. The first-order valence-corrected chi connectivity index (χ1v) is 4.03. The summed E-state index contributed by atoms with van der Waals surface area (Å²) in [4.78, 5) is 0. The summed E-state index contributed by atoms with van der Waals surface area (Å²) in [6.07, 6.45) is 7.01. The van der Waals surface area contributed by atoms with E-state index in [1.54, 1.807) is 6.07 Å². The molecule has 0 heterocycles. The zero-order valence-electron chi connectivity index (χ0n) is 7.10. The van der Waals surface area contributed by atoms with Gasteiger partial charge in [-0.3, -0.25) is 0 Å². The first-order valence-electron chi connectivity index (χ1n) is 4.03. The van der Waals surface area contributed by atoms with Gasteiger partial charge in [0.15, 0.2) is 0 Å². The second kappa shape index (κ2) is 3.92. The lowest BCUT2D eigenvalue weighted by Gasteiger charge is -1.99. The van der Waals surface area contributed by atoms with Gasteiger partial charge in [-0.05, 0) is 24.1 Å². The van der Waals surface area contributed by atoms with Crippen LogP contribution < -0.4 is 0 Å². The van der Waals surface area contributed by atoms with Crippen molar-refractivity contribution in [2.75, 3.05) is 0 Å². The van der Waals surface area contributed by atoms with E-state index in [0.29, 0.717) is 5.56 Å². The van der Waals surface area contributed by atoms with Crippen molar-refractivity contribution in [1.82, 2.24) is 0 Å². The minimum atomic E-state index is -0.288. The lowest BCUT2D eigenvalue weighted by molar-refractivity contribution is 0.621. The molecule has 0 saturated heterocycles. The van der Waals surface area contributed by atoms with Gasteiger partial charge in [0, 0.05) is 0 Å². The zero-order chi connectivity index (χ0) is 8.97. The lowest BCUT2D eigenvalue weighted by Crippen LogP contribution is -1.88. The fraction of sp³-hybridized carbons (Fsp3) is 0.273. The van der Waals surface area contributed by atoms with Gasteiger partial charge >= 0.3 is 0 Å². The highest BCUT2D eigenvalue weighted by atomic mass is 19.1. The van der Waals surface area contributed by atoms with E-state index >= 15 is 0 Å². The van der Waals surface area contributed by atoms with Crippen LogP contribution in [0.4, 0.5) is 4.39 Å². The van der Waals surface area contributed by atoms with E-state index in [9.17, 15) is 4.39 Å². The smallest absolute Gasteiger partial charge is 0.139 e. The Bertz CT molecular complexity index is 307. The van der Waals surface area contributed by atoms with Crippen LogP contribution in [0.2, 0.25) is 0 Å². The largest absolute Gasteiger partial charge is 0.206 e. The molecule has 1 aromatic carbocycles. The molecule has 0 bridgehead atoms. The quantitative estimate of drug-likeness (QED) is 0.586. The molecule has 1 aromatic rings. The Morgan fingerprint density at radius 3 is 2.75 bits per heavy atom. The molecule has 0 aliphatic carbocycles. The predicted octanol–water partition coefficient (Wildman–Crippen LogP) is 2.76. The summed E-state index contributed by atoms with van der Waals surface area (Å²) in [6, 6.07) is 5.04. The van der Waals surface area contributed by atoms with Crippen molar-refractivity contribution in [2.45, 2.75) is 19.8 Å². The summed E-state index contributed by atoms with van der Waals surface area (Å²) in [5.41, 5.74) is 1.35. The molecule has 0 radical (unpaired) electrons. The molecule has 0 unspecified atom stereocenters. The summed E-state index contributed by atoms with van der Waals surface area (Å²) in [5.74, 6) is 2.00. The first kappa shape index (κ1) is 8.80. The van der Waals surface area contributed by atoms with Gasteiger partial charge in [0.05, 0.1) is 5.56 Å². The molecule has 1 heteroatoms. The van der Waals surface area contributed by atoms with Gasteiger partial charge < -0.3 is 0 Å². The van der Waals surface area contributed by atoms with E-state index in [1.165, 1.54) is 6.07 Å². The van der Waals surface area contributed by atoms with Crippen molar-refractivity contribution in [2.24, 2.45) is 0 Å². The second-order valence-electron chi connectivity index (χ2n) is 2.71. The van der Waals surface area contributed by atoms with E-state index in [2.05, 4.69) is 12.8 Å². The molecular weight excluding hydrogens is 151 g/mol. The molecule has 0 fully saturated rings. The molecule has 0 atom stereocenters. The number of terminal acetylenes is 1. The Labute approximate surface area is 72.4 Å². The van der Waals surface area contributed by atoms with E-state index in [-0.39, 0.29) is 5.82 Å². The average Bonchev–Trinajstić information content (AvgIpc) is 2.05. The molecule has 0 N–H and O–H groups in total. The van der Waals surface area contributed by atoms with Crippen molar-refractivity contribution in [1.29, 1.82) is 0 Å². The first-order chi connectivity index (χ1) is 5.77. The second-order valence-corrected chi connectivity index (χ2v) is 2.71. The van der Waals surface area contributed by atoms with E-state index in [4.69, 9.17) is 6.42 Å². The van der Waals surface area contributed by atoms with Crippen LogP contribution in [-0.4, -0.2) is 0 Å². The van der Waals surface area contributed by atoms with Crippen LogP contribution in [0.15, 0.2) is 18.2 Å². The molecule has 0 amide bonds. The lowest BCUT2D eigenvalue weighted by atomic mass is 10.1. The van der Waals surface area contributed by atoms with Crippen molar-refractivity contribution in [3.8, 4) is 12.3 Å². The average molecular weight is 162 g/mol. The van der Waals surface area contributed by atoms with Gasteiger partial charge in [-0.25, -0.2) is 4.39 Å². The van der Waals surface area contributed by atoms with Crippen molar-refractivity contribution in [3.05, 3.63) is 35.1 Å². The molecular formula is C11H11F. The van der Waals surface area contributed by atoms with E-state index in [1.807, 2.05) is 6.07 Å². The maximum absolute atomic E-state index is 13.0. The van der Waals surface area contributed by atoms with Crippen LogP contribution in [0, 0.1) is 18.2 Å². The third-order valence-corrected chi connectivity index (χ3v) is 1.73. The Balaban J connectivity index is 2.96. The third kappa shape index (κ3) is 1.85. The highest BCUT2D eigenvalue weighted by Crippen LogP contribution is 2.10. The van der Waals surface area contributed by atoms with Gasteiger partial charge in [-0.1, -0.05) is 25.3 Å². The highest BCUT2D eigenvalue weighted by Gasteiger charge is 1.99. The predicted molar refractivity (Wildman–Crippen MR) is 48.3 cm³/mol. The van der Waals surface area contributed by atoms with E-state index in [0.717, 1.165) is 18.4 Å². The third-order valence-electron chi connectivity index (χ3n) is 1.73. The maximum atomic E-state index is 13.0. The molecule has 62 valence electrons. The normalized spacial score (nSPS) is 9.42. The van der Waals surface area contributed by atoms with Crippen molar-refractivity contribution in [3.63, 3.8) is 0 Å². The van der Waals surface area contributed by atoms with Crippen LogP contribution in [0.3, 0.4) is 0 Å². The fourth-order valence-electron chi connectivity index (χ4n) is 1.12. The Morgan fingerprint density at radius 1 is 1.50 bits per heavy atom. The molecule has 0 aromatic heterocycles. The summed E-state index contributed by atoms with van der Waals surface area (Å²) < 4.78 is 13.0. The summed E-state index contributed by atoms with van der Waals surface area (Å²) in [5, 5.41) is 0. The maximum Gasteiger partial charge on any atom is 0.139 e. The summed E-state index contributed by atoms with van der Waals surface area (Å²) >= 11 is 0. The number of hydrogen-bond donors (Lipinski definition) is 0. The number of benzene rings is 1. The van der Waals surface area contributed by atoms with Crippen LogP contribution in [0.25, 0.3) is 0 Å². The Hall–Kier alpha value is -1.29. The van der Waals surface area contributed by atoms with Gasteiger partial charge in [-0.15, -0.1) is 6.42 Å². The standard InChI is InChI=1S/C11H11F/c1-3-5-9-6-7-10(4-2)11(12)8-9/h2,6-8H,3,5H2,1H3. The van der Waals surface area contributed by atoms with Gasteiger partial charge in [-0.2, -0.15) is 0 Å². The van der Waals surface area contributed by atoms with Crippen LogP contribution in [0.5, 0.6) is 0 Å². The number of aryl methyl sites for hydroxylation is 1. The van der Waals surface area contributed by atoms with Crippen LogP contribution in [-0.2, 0) is 6.42 Å². The minimum Gasteiger partial charge on any atom is -0.206 e. The molecule has 0 aliphatic heterocycles. The molecule has 0 saturated carbocycles. The molecule has 0 aliphatic rings. The molecule has 0 nitrogen and oxygen atoms in total. The molecule has 0 spiro atoms. The van der Waals surface area contributed by atoms with Crippen molar-refractivity contribution < 1.29 is 4.39 Å². The highest BCUT2D eigenvalue weighted by molar-refractivity contribution is 5.35. The van der Waals surface area contributed by atoms with Crippen molar-refractivity contribution >= 4 is 0 Å². The van der Waals surface area contributed by atoms with Gasteiger partial charge in [0.2, 0.25) is 0 Å². The summed E-state index contributed by atoms with van der Waals surface area (Å²) in [7, 11) is 0. The minimum absolute atomic E-state index is 0.288.